The van der Waals surface area contributed by atoms with Gasteiger partial charge in [-0.3, -0.25) is 0 Å². The van der Waals surface area contributed by atoms with E-state index in [-0.39, 0.29) is 12.1 Å². The molecule has 0 aliphatic rings. The summed E-state index contributed by atoms with van der Waals surface area (Å²) in [6, 6.07) is 4.17. The van der Waals surface area contributed by atoms with Crippen LogP contribution in [0.3, 0.4) is 0 Å². The van der Waals surface area contributed by atoms with E-state index in [0.29, 0.717) is 5.75 Å². The summed E-state index contributed by atoms with van der Waals surface area (Å²) in [7, 11) is 1.48. The molecule has 1 atom stereocenters. The minimum Gasteiger partial charge on any atom is -0.497 e. The van der Waals surface area contributed by atoms with Gasteiger partial charge in [0.2, 0.25) is 0 Å². The molecule has 13 heavy (non-hydrogen) atoms. The molecule has 0 saturated carbocycles. The third kappa shape index (κ3) is 2.17. The first-order valence-electron chi connectivity index (χ1n) is 3.90. The molecule has 0 radical (unpaired) electrons. The molecule has 0 aliphatic heterocycles. The van der Waals surface area contributed by atoms with E-state index in [1.807, 2.05) is 0 Å². The van der Waals surface area contributed by atoms with Crippen molar-refractivity contribution in [3.8, 4) is 5.75 Å². The molecule has 0 aliphatic carbocycles. The number of nitrogens with two attached hydrogens (primary N) is 1. The van der Waals surface area contributed by atoms with E-state index in [1.54, 1.807) is 0 Å². The van der Waals surface area contributed by atoms with Crippen LogP contribution in [0.1, 0.15) is 11.7 Å². The number of ether oxygens (including phenoxy) is 1. The summed E-state index contributed by atoms with van der Waals surface area (Å²) >= 11 is 0. The summed E-state index contributed by atoms with van der Waals surface area (Å²) in [6.45, 7) is -0.00983. The summed E-state index contributed by atoms with van der Waals surface area (Å²) in [6.07, 6.45) is -0.977. The molecular weight excluding hydrogens is 173 g/mol. The van der Waals surface area contributed by atoms with E-state index >= 15 is 0 Å². The van der Waals surface area contributed by atoms with Crippen LogP contribution in [0.25, 0.3) is 0 Å². The van der Waals surface area contributed by atoms with Crippen LogP contribution in [-0.4, -0.2) is 18.8 Å². The van der Waals surface area contributed by atoms with Crippen molar-refractivity contribution in [1.29, 1.82) is 0 Å². The highest BCUT2D eigenvalue weighted by molar-refractivity contribution is 5.31. The molecule has 0 saturated heterocycles. The van der Waals surface area contributed by atoms with E-state index in [1.165, 1.54) is 25.3 Å². The number of halogens is 1. The Labute approximate surface area is 75.9 Å². The lowest BCUT2D eigenvalue weighted by molar-refractivity contribution is 0.181. The average Bonchev–Trinajstić information content (AvgIpc) is 2.17. The Morgan fingerprint density at radius 3 is 2.85 bits per heavy atom. The van der Waals surface area contributed by atoms with Gasteiger partial charge in [-0.15, -0.1) is 0 Å². The second-order valence-electron chi connectivity index (χ2n) is 2.64. The van der Waals surface area contributed by atoms with Gasteiger partial charge in [-0.2, -0.15) is 0 Å². The molecule has 3 nitrogen and oxygen atoms in total. The fraction of sp³-hybridized carbons (Fsp3) is 0.333. The first-order chi connectivity index (χ1) is 6.19. The van der Waals surface area contributed by atoms with Crippen molar-refractivity contribution < 1.29 is 14.2 Å². The van der Waals surface area contributed by atoms with Crippen LogP contribution in [0.5, 0.6) is 5.75 Å². The van der Waals surface area contributed by atoms with Crippen LogP contribution < -0.4 is 10.5 Å². The quantitative estimate of drug-likeness (QED) is 0.733. The van der Waals surface area contributed by atoms with Crippen molar-refractivity contribution in [3.63, 3.8) is 0 Å². The second-order valence-corrected chi connectivity index (χ2v) is 2.64. The Balaban J connectivity index is 3.03. The molecule has 0 heterocycles. The summed E-state index contributed by atoms with van der Waals surface area (Å²) in [5, 5.41) is 9.31. The fourth-order valence-corrected chi connectivity index (χ4v) is 1.03. The Bertz CT molecular complexity index is 291. The minimum atomic E-state index is -0.977. The van der Waals surface area contributed by atoms with Crippen LogP contribution in [0, 0.1) is 5.82 Å². The van der Waals surface area contributed by atoms with Gasteiger partial charge in [0.25, 0.3) is 0 Å². The molecule has 0 bridgehead atoms. The highest BCUT2D eigenvalue weighted by Crippen LogP contribution is 2.21. The minimum absolute atomic E-state index is 0.00983. The van der Waals surface area contributed by atoms with Crippen LogP contribution in [0.4, 0.5) is 4.39 Å². The van der Waals surface area contributed by atoms with Gasteiger partial charge in [0.15, 0.2) is 0 Å². The van der Waals surface area contributed by atoms with E-state index in [9.17, 15) is 9.50 Å². The van der Waals surface area contributed by atoms with E-state index in [0.717, 1.165) is 0 Å². The lowest BCUT2D eigenvalue weighted by atomic mass is 10.1. The Morgan fingerprint density at radius 2 is 2.31 bits per heavy atom. The first kappa shape index (κ1) is 9.95. The molecule has 0 amide bonds. The van der Waals surface area contributed by atoms with E-state index in [2.05, 4.69) is 0 Å². The van der Waals surface area contributed by atoms with Gasteiger partial charge < -0.3 is 15.6 Å². The lowest BCUT2D eigenvalue weighted by Crippen LogP contribution is -2.13. The first-order valence-corrected chi connectivity index (χ1v) is 3.90. The maximum atomic E-state index is 13.1. The predicted octanol–water partition coefficient (Wildman–Crippen LogP) is 0.826. The van der Waals surface area contributed by atoms with Gasteiger partial charge in [0.05, 0.1) is 13.2 Å². The normalized spacial score (nSPS) is 12.6. The van der Waals surface area contributed by atoms with Gasteiger partial charge >= 0.3 is 0 Å². The van der Waals surface area contributed by atoms with Crippen molar-refractivity contribution in [2.24, 2.45) is 5.73 Å². The third-order valence-electron chi connectivity index (χ3n) is 1.79. The fourth-order valence-electron chi connectivity index (χ4n) is 1.03. The summed E-state index contributed by atoms with van der Waals surface area (Å²) in [5.74, 6) is 0.0302. The molecule has 0 aromatic heterocycles. The summed E-state index contributed by atoms with van der Waals surface area (Å²) < 4.78 is 18.0. The topological polar surface area (TPSA) is 55.5 Å². The van der Waals surface area contributed by atoms with E-state index in [4.69, 9.17) is 10.5 Å². The van der Waals surface area contributed by atoms with Crippen molar-refractivity contribution in [1.82, 2.24) is 0 Å². The highest BCUT2D eigenvalue weighted by atomic mass is 19.1. The Morgan fingerprint density at radius 1 is 1.62 bits per heavy atom. The smallest absolute Gasteiger partial charge is 0.129 e. The standard InChI is InChI=1S/C9H12FNO2/c1-13-6-2-3-8(10)7(4-6)9(12)5-11/h2-4,9,12H,5,11H2,1H3/t9-/m0/s1. The number of hydrogen-bond donors (Lipinski definition) is 2. The van der Waals surface area contributed by atoms with Gasteiger partial charge in [0, 0.05) is 12.1 Å². The van der Waals surface area contributed by atoms with Crippen molar-refractivity contribution in [2.45, 2.75) is 6.10 Å². The molecule has 0 fully saturated rings. The maximum absolute atomic E-state index is 13.1. The number of methoxy groups -OCH3 is 1. The molecule has 3 N–H and O–H groups in total. The second kappa shape index (κ2) is 4.20. The zero-order valence-corrected chi connectivity index (χ0v) is 7.33. The lowest BCUT2D eigenvalue weighted by Gasteiger charge is -2.10. The molecule has 1 aromatic rings. The van der Waals surface area contributed by atoms with Crippen molar-refractivity contribution in [2.75, 3.05) is 13.7 Å². The number of rotatable bonds is 3. The van der Waals surface area contributed by atoms with Crippen LogP contribution in [0.15, 0.2) is 18.2 Å². The summed E-state index contributed by atoms with van der Waals surface area (Å²) in [4.78, 5) is 0. The molecule has 0 unspecified atom stereocenters. The van der Waals surface area contributed by atoms with Gasteiger partial charge in [-0.25, -0.2) is 4.39 Å². The number of benzene rings is 1. The Hall–Kier alpha value is -1.13. The maximum Gasteiger partial charge on any atom is 0.129 e. The largest absolute Gasteiger partial charge is 0.497 e. The van der Waals surface area contributed by atoms with Crippen molar-refractivity contribution in [3.05, 3.63) is 29.6 Å². The number of aliphatic hydroxyl groups is 1. The van der Waals surface area contributed by atoms with E-state index < -0.39 is 11.9 Å². The van der Waals surface area contributed by atoms with Gasteiger partial charge in [-0.05, 0) is 18.2 Å². The predicted molar refractivity (Wildman–Crippen MR) is 47.0 cm³/mol. The summed E-state index contributed by atoms with van der Waals surface area (Å²) in [5.41, 5.74) is 5.38. The average molecular weight is 185 g/mol. The SMILES string of the molecule is COc1ccc(F)c([C@@H](O)CN)c1. The Kier molecular flexibility index (Phi) is 3.22. The van der Waals surface area contributed by atoms with Crippen LogP contribution >= 0.6 is 0 Å². The number of aliphatic hydroxyl groups excluding tert-OH is 1. The number of hydrogen-bond acceptors (Lipinski definition) is 3. The zero-order chi connectivity index (χ0) is 9.84. The highest BCUT2D eigenvalue weighted by Gasteiger charge is 2.11. The molecular formula is C9H12FNO2. The molecule has 72 valence electrons. The van der Waals surface area contributed by atoms with Gasteiger partial charge in [-0.1, -0.05) is 0 Å². The molecule has 1 aromatic carbocycles. The van der Waals surface area contributed by atoms with Gasteiger partial charge in [0.1, 0.15) is 11.6 Å². The molecule has 0 spiro atoms. The van der Waals surface area contributed by atoms with Crippen LogP contribution in [0.2, 0.25) is 0 Å². The third-order valence-corrected chi connectivity index (χ3v) is 1.79. The van der Waals surface area contributed by atoms with Crippen molar-refractivity contribution >= 4 is 0 Å². The monoisotopic (exact) mass is 185 g/mol. The van der Waals surface area contributed by atoms with Crippen LogP contribution in [-0.2, 0) is 0 Å². The molecule has 1 rings (SSSR count). The molecule has 4 heteroatoms. The zero-order valence-electron chi connectivity index (χ0n) is 7.33.